The summed E-state index contributed by atoms with van der Waals surface area (Å²) in [5.74, 6) is -0.233. The number of Topliss-reactive ketones (excluding diaryl/α,β-unsaturated/α-hetero) is 1. The Balaban J connectivity index is 3.09. The minimum Gasteiger partial charge on any atom is -0.485 e. The molecule has 0 aliphatic carbocycles. The van der Waals surface area contributed by atoms with Crippen LogP contribution in [0.1, 0.15) is 6.92 Å². The molecule has 0 spiro atoms. The van der Waals surface area contributed by atoms with E-state index in [0.29, 0.717) is 0 Å². The summed E-state index contributed by atoms with van der Waals surface area (Å²) in [4.78, 5) is 10.3. The number of carbonyl (C=O) groups is 1. The average molecular weight is 300 g/mol. The lowest BCUT2D eigenvalue weighted by Gasteiger charge is -2.11. The van der Waals surface area contributed by atoms with Crippen LogP contribution >= 0.6 is 36.4 Å². The van der Waals surface area contributed by atoms with Crippen LogP contribution in [0.3, 0.4) is 0 Å². The van der Waals surface area contributed by atoms with Crippen molar-refractivity contribution >= 4 is 42.2 Å². The van der Waals surface area contributed by atoms with Gasteiger partial charge in [-0.05, 0) is 19.1 Å². The summed E-state index contributed by atoms with van der Waals surface area (Å²) in [7, 11) is 0. The normalized spacial score (nSPS) is 10.4. The van der Waals surface area contributed by atoms with Crippen molar-refractivity contribution in [3.8, 4) is 5.75 Å². The first kappa shape index (κ1) is 14.6. The summed E-state index contributed by atoms with van der Waals surface area (Å²) in [6.07, 6.45) is 0. The highest BCUT2D eigenvalue weighted by Crippen LogP contribution is 2.44. The Morgan fingerprint density at radius 2 is 1.82 bits per heavy atom. The van der Waals surface area contributed by atoms with Crippen molar-refractivity contribution in [2.45, 2.75) is 21.6 Å². The Labute approximate surface area is 110 Å². The molecular weight excluding hydrogens is 293 g/mol. The highest BCUT2D eigenvalue weighted by atomic mass is 32.2. The lowest BCUT2D eigenvalue weighted by molar-refractivity contribution is -0.118. The number of carbonyl (C=O) groups excluding carboxylic acids is 1. The number of ether oxygens (including phenoxy) is 1. The molecule has 1 aromatic carbocycles. The van der Waals surface area contributed by atoms with E-state index in [2.05, 4.69) is 0 Å². The van der Waals surface area contributed by atoms with Gasteiger partial charge in [-0.25, -0.2) is 0 Å². The summed E-state index contributed by atoms with van der Waals surface area (Å²) in [6, 6.07) is 2.56. The van der Waals surface area contributed by atoms with Crippen LogP contribution in [0.25, 0.3) is 0 Å². The molecule has 2 nitrogen and oxygen atoms in total. The van der Waals surface area contributed by atoms with Gasteiger partial charge in [-0.1, -0.05) is 0 Å². The van der Waals surface area contributed by atoms with E-state index in [9.17, 15) is 16.5 Å². The lowest BCUT2D eigenvalue weighted by atomic mass is 10.3. The zero-order chi connectivity index (χ0) is 12.8. The Morgan fingerprint density at radius 3 is 2.29 bits per heavy atom. The third-order valence-electron chi connectivity index (χ3n) is 1.71. The van der Waals surface area contributed by atoms with Crippen LogP contribution in [0.4, 0.5) is 11.7 Å². The largest absolute Gasteiger partial charge is 0.485 e. The molecule has 0 heterocycles. The maximum Gasteiger partial charge on any atom is 0.167 e. The fourth-order valence-electron chi connectivity index (χ4n) is 1.03. The molecule has 1 aromatic rings. The van der Waals surface area contributed by atoms with Crippen LogP contribution in [-0.4, -0.2) is 12.4 Å². The van der Waals surface area contributed by atoms with Gasteiger partial charge in [0.25, 0.3) is 0 Å². The molecule has 17 heavy (non-hydrogen) atoms. The highest BCUT2D eigenvalue weighted by Gasteiger charge is 2.18. The number of rotatable bonds is 6. The molecule has 0 N–H and O–H groups in total. The molecule has 0 radical (unpaired) electrons. The molecule has 0 aromatic heterocycles. The van der Waals surface area contributed by atoms with Crippen molar-refractivity contribution in [3.63, 3.8) is 0 Å². The second-order valence-electron chi connectivity index (χ2n) is 2.94. The summed E-state index contributed by atoms with van der Waals surface area (Å²) in [6.45, 7) is 1.06. The third kappa shape index (κ3) is 3.75. The molecule has 0 saturated carbocycles. The smallest absolute Gasteiger partial charge is 0.167 e. The lowest BCUT2D eigenvalue weighted by Crippen LogP contribution is -2.07. The Hall–Kier alpha value is -0.470. The van der Waals surface area contributed by atoms with Crippen molar-refractivity contribution in [1.29, 1.82) is 0 Å². The van der Waals surface area contributed by atoms with Gasteiger partial charge in [-0.3, -0.25) is 4.79 Å². The molecule has 0 fully saturated rings. The minimum atomic E-state index is -0.267. The molecule has 0 amide bonds. The molecule has 0 aliphatic rings. The molecule has 1 rings (SSSR count). The van der Waals surface area contributed by atoms with Crippen molar-refractivity contribution in [3.05, 3.63) is 12.1 Å². The molecular formula is C9H7F3O2S3. The second-order valence-corrected chi connectivity index (χ2v) is 4.66. The van der Waals surface area contributed by atoms with Crippen LogP contribution in [0.2, 0.25) is 0 Å². The predicted molar refractivity (Wildman–Crippen MR) is 63.5 cm³/mol. The van der Waals surface area contributed by atoms with E-state index in [1.807, 2.05) is 0 Å². The van der Waals surface area contributed by atoms with Crippen molar-refractivity contribution in [1.82, 2.24) is 0 Å². The zero-order valence-corrected chi connectivity index (χ0v) is 11.0. The van der Waals surface area contributed by atoms with Crippen molar-refractivity contribution < 1.29 is 21.2 Å². The van der Waals surface area contributed by atoms with Gasteiger partial charge >= 0.3 is 0 Å². The van der Waals surface area contributed by atoms with Gasteiger partial charge in [0.2, 0.25) is 0 Å². The van der Waals surface area contributed by atoms with E-state index in [4.69, 9.17) is 4.74 Å². The SMILES string of the molecule is CC(=O)COc1ccc(SF)c(SF)c1SF. The number of ketones is 1. The first-order chi connectivity index (χ1) is 8.13. The first-order valence-corrected chi connectivity index (χ1v) is 6.44. The van der Waals surface area contributed by atoms with Gasteiger partial charge < -0.3 is 4.74 Å². The van der Waals surface area contributed by atoms with Crippen molar-refractivity contribution in [2.75, 3.05) is 6.61 Å². The van der Waals surface area contributed by atoms with Gasteiger partial charge in [0.05, 0.1) is 46.2 Å². The molecule has 0 bridgehead atoms. The van der Waals surface area contributed by atoms with Gasteiger partial charge in [0.15, 0.2) is 5.78 Å². The topological polar surface area (TPSA) is 26.3 Å². The predicted octanol–water partition coefficient (Wildman–Crippen LogP) is 4.58. The van der Waals surface area contributed by atoms with Gasteiger partial charge in [-0.2, -0.15) is 11.7 Å². The number of hydrogen-bond donors (Lipinski definition) is 0. The fraction of sp³-hybridized carbons (Fsp3) is 0.222. The monoisotopic (exact) mass is 300 g/mol. The molecule has 0 saturated heterocycles. The summed E-state index contributed by atoms with van der Waals surface area (Å²) in [5.41, 5.74) is 0. The first-order valence-electron chi connectivity index (χ1n) is 4.29. The third-order valence-corrected chi connectivity index (χ3v) is 3.61. The van der Waals surface area contributed by atoms with E-state index in [0.717, 1.165) is 0 Å². The van der Waals surface area contributed by atoms with Crippen LogP contribution < -0.4 is 4.74 Å². The van der Waals surface area contributed by atoms with Crippen LogP contribution in [0.15, 0.2) is 26.8 Å². The number of benzene rings is 1. The fourth-order valence-corrected chi connectivity index (χ4v) is 2.46. The van der Waals surface area contributed by atoms with E-state index in [1.165, 1.54) is 19.1 Å². The van der Waals surface area contributed by atoms with Crippen molar-refractivity contribution in [2.24, 2.45) is 0 Å². The Morgan fingerprint density at radius 1 is 1.18 bits per heavy atom. The Kier molecular flexibility index (Phi) is 6.07. The summed E-state index contributed by atoms with van der Waals surface area (Å²) in [5, 5.41) is 0. The second kappa shape index (κ2) is 7.07. The molecule has 0 aliphatic heterocycles. The zero-order valence-electron chi connectivity index (χ0n) is 8.54. The summed E-state index contributed by atoms with van der Waals surface area (Å²) >= 11 is -0.697. The minimum absolute atomic E-state index is 0.0191. The molecule has 8 heteroatoms. The van der Waals surface area contributed by atoms with E-state index >= 15 is 0 Å². The van der Waals surface area contributed by atoms with Gasteiger partial charge in [0, 0.05) is 0 Å². The van der Waals surface area contributed by atoms with Crippen LogP contribution in [0, 0.1) is 0 Å². The molecule has 94 valence electrons. The van der Waals surface area contributed by atoms with Gasteiger partial charge in [0.1, 0.15) is 17.3 Å². The quantitative estimate of drug-likeness (QED) is 0.766. The molecule has 0 unspecified atom stereocenters. The maximum atomic E-state index is 12.7. The summed E-state index contributed by atoms with van der Waals surface area (Å²) < 4.78 is 42.8. The molecule has 0 atom stereocenters. The Bertz CT molecular complexity index is 415. The standard InChI is InChI=1S/C9H7F3O2S3/c1-5(13)4-14-6-2-3-7(15-10)9(17-12)8(6)16-11/h2-3H,4H2,1H3. The number of hydrogen-bond acceptors (Lipinski definition) is 5. The van der Waals surface area contributed by atoms with Gasteiger partial charge in [-0.15, -0.1) is 0 Å². The highest BCUT2D eigenvalue weighted by molar-refractivity contribution is 7.99. The van der Waals surface area contributed by atoms with E-state index in [1.54, 1.807) is 0 Å². The maximum absolute atomic E-state index is 12.7. The van der Waals surface area contributed by atoms with E-state index < -0.39 is 0 Å². The van der Waals surface area contributed by atoms with E-state index in [-0.39, 0.29) is 69.3 Å². The average Bonchev–Trinajstić information content (AvgIpc) is 2.34. The van der Waals surface area contributed by atoms with Crippen LogP contribution in [0.5, 0.6) is 5.75 Å². The number of halogens is 3. The van der Waals surface area contributed by atoms with Crippen LogP contribution in [-0.2, 0) is 4.79 Å².